The van der Waals surface area contributed by atoms with Crippen molar-refractivity contribution in [1.82, 2.24) is 16.1 Å². The summed E-state index contributed by atoms with van der Waals surface area (Å²) in [6, 6.07) is 6.79. The number of nitrogens with one attached hydrogen (secondary N) is 3. The number of ether oxygens (including phenoxy) is 2. The van der Waals surface area contributed by atoms with Crippen molar-refractivity contribution in [2.24, 2.45) is 5.10 Å². The SMILES string of the molecule is CC(C)(C)NC(=O)C(=O)N/N=C\c1ccc(OCC(=O)NC[C@H]2CCCO2)cc1. The molecule has 1 atom stereocenters. The van der Waals surface area contributed by atoms with Crippen LogP contribution in [0.1, 0.15) is 39.2 Å². The fourth-order valence-electron chi connectivity index (χ4n) is 2.50. The number of benzene rings is 1. The molecule has 1 fully saturated rings. The summed E-state index contributed by atoms with van der Waals surface area (Å²) in [7, 11) is 0. The summed E-state index contributed by atoms with van der Waals surface area (Å²) in [6.45, 7) is 6.49. The van der Waals surface area contributed by atoms with Gasteiger partial charge in [0.25, 0.3) is 5.91 Å². The van der Waals surface area contributed by atoms with Gasteiger partial charge in [-0.25, -0.2) is 5.43 Å². The molecule has 0 aromatic heterocycles. The van der Waals surface area contributed by atoms with Gasteiger partial charge in [-0.05, 0) is 63.4 Å². The lowest BCUT2D eigenvalue weighted by Gasteiger charge is -2.19. The first kappa shape index (κ1) is 22.4. The molecule has 0 saturated carbocycles. The van der Waals surface area contributed by atoms with Gasteiger partial charge in [0, 0.05) is 18.7 Å². The molecule has 0 bridgehead atoms. The van der Waals surface area contributed by atoms with Crippen LogP contribution < -0.4 is 20.8 Å². The summed E-state index contributed by atoms with van der Waals surface area (Å²) in [5, 5.41) is 9.08. The standard InChI is InChI=1S/C20H28N4O5/c1-20(2,3)23-18(26)19(27)24-22-11-14-6-8-15(9-7-14)29-13-17(25)21-12-16-5-4-10-28-16/h6-9,11,16H,4-5,10,12-13H2,1-3H3,(H,21,25)(H,23,26)(H,24,27)/b22-11-/t16-/m1/s1. The van der Waals surface area contributed by atoms with Gasteiger partial charge in [-0.3, -0.25) is 14.4 Å². The van der Waals surface area contributed by atoms with E-state index in [9.17, 15) is 14.4 Å². The van der Waals surface area contributed by atoms with Crippen molar-refractivity contribution in [1.29, 1.82) is 0 Å². The highest BCUT2D eigenvalue weighted by atomic mass is 16.5. The Hall–Kier alpha value is -2.94. The average molecular weight is 404 g/mol. The van der Waals surface area contributed by atoms with Crippen molar-refractivity contribution in [2.45, 2.75) is 45.3 Å². The van der Waals surface area contributed by atoms with Gasteiger partial charge in [0.05, 0.1) is 12.3 Å². The number of nitrogens with zero attached hydrogens (tertiary/aromatic N) is 1. The number of hydrazone groups is 1. The molecule has 1 aromatic rings. The Bertz CT molecular complexity index is 734. The summed E-state index contributed by atoms with van der Waals surface area (Å²) in [5.74, 6) is -1.27. The van der Waals surface area contributed by atoms with Crippen LogP contribution in [0.5, 0.6) is 5.75 Å². The molecule has 9 heteroatoms. The van der Waals surface area contributed by atoms with E-state index < -0.39 is 17.4 Å². The van der Waals surface area contributed by atoms with E-state index in [-0.39, 0.29) is 18.6 Å². The summed E-state index contributed by atoms with van der Waals surface area (Å²) in [4.78, 5) is 35.1. The quantitative estimate of drug-likeness (QED) is 0.352. The van der Waals surface area contributed by atoms with Crippen molar-refractivity contribution < 1.29 is 23.9 Å². The molecule has 1 aromatic carbocycles. The zero-order valence-corrected chi connectivity index (χ0v) is 17.0. The number of carbonyl (C=O) groups is 3. The molecule has 1 aliphatic rings. The van der Waals surface area contributed by atoms with Crippen LogP contribution in [0.4, 0.5) is 0 Å². The van der Waals surface area contributed by atoms with E-state index in [1.54, 1.807) is 45.0 Å². The van der Waals surface area contributed by atoms with E-state index in [0.717, 1.165) is 19.4 Å². The third kappa shape index (κ3) is 8.73. The molecule has 2 rings (SSSR count). The lowest BCUT2D eigenvalue weighted by atomic mass is 10.1. The summed E-state index contributed by atoms with van der Waals surface area (Å²) < 4.78 is 10.9. The first-order valence-corrected chi connectivity index (χ1v) is 9.50. The highest BCUT2D eigenvalue weighted by Crippen LogP contribution is 2.12. The number of rotatable bonds is 7. The van der Waals surface area contributed by atoms with Crippen LogP contribution in [0.25, 0.3) is 0 Å². The van der Waals surface area contributed by atoms with Gasteiger partial charge in [-0.1, -0.05) is 0 Å². The molecule has 1 heterocycles. The van der Waals surface area contributed by atoms with Crippen molar-refractivity contribution in [3.05, 3.63) is 29.8 Å². The minimum atomic E-state index is -0.842. The zero-order chi connectivity index (χ0) is 21.3. The maximum Gasteiger partial charge on any atom is 0.329 e. The molecular formula is C20H28N4O5. The van der Waals surface area contributed by atoms with Crippen LogP contribution in [-0.2, 0) is 19.1 Å². The van der Waals surface area contributed by atoms with Gasteiger partial charge in [-0.2, -0.15) is 5.10 Å². The molecule has 1 aliphatic heterocycles. The van der Waals surface area contributed by atoms with Crippen LogP contribution >= 0.6 is 0 Å². The smallest absolute Gasteiger partial charge is 0.329 e. The molecule has 3 N–H and O–H groups in total. The fourth-order valence-corrected chi connectivity index (χ4v) is 2.50. The second kappa shape index (κ2) is 10.6. The Labute approximate surface area is 170 Å². The maximum atomic E-state index is 11.8. The Morgan fingerprint density at radius 2 is 1.93 bits per heavy atom. The van der Waals surface area contributed by atoms with E-state index in [1.165, 1.54) is 6.21 Å². The molecule has 0 radical (unpaired) electrons. The van der Waals surface area contributed by atoms with Gasteiger partial charge in [0.15, 0.2) is 6.61 Å². The first-order chi connectivity index (χ1) is 13.7. The molecule has 1 saturated heterocycles. The van der Waals surface area contributed by atoms with Crippen molar-refractivity contribution >= 4 is 23.9 Å². The van der Waals surface area contributed by atoms with Crippen LogP contribution in [0.2, 0.25) is 0 Å². The van der Waals surface area contributed by atoms with Gasteiger partial charge < -0.3 is 20.1 Å². The van der Waals surface area contributed by atoms with Gasteiger partial charge in [-0.15, -0.1) is 0 Å². The number of amides is 3. The highest BCUT2D eigenvalue weighted by molar-refractivity contribution is 6.35. The summed E-state index contributed by atoms with van der Waals surface area (Å²) in [5.41, 5.74) is 2.36. The van der Waals surface area contributed by atoms with E-state index in [2.05, 4.69) is 21.2 Å². The normalized spacial score (nSPS) is 16.4. The molecule has 158 valence electrons. The largest absolute Gasteiger partial charge is 0.484 e. The predicted octanol–water partition coefficient (Wildman–Crippen LogP) is 0.725. The van der Waals surface area contributed by atoms with Gasteiger partial charge >= 0.3 is 11.8 Å². The second-order valence-electron chi connectivity index (χ2n) is 7.70. The number of hydrogen-bond acceptors (Lipinski definition) is 6. The third-order valence-corrected chi connectivity index (χ3v) is 3.88. The molecular weight excluding hydrogens is 376 g/mol. The zero-order valence-electron chi connectivity index (χ0n) is 17.0. The predicted molar refractivity (Wildman–Crippen MR) is 108 cm³/mol. The number of carbonyl (C=O) groups excluding carboxylic acids is 3. The lowest BCUT2D eigenvalue weighted by Crippen LogP contribution is -2.47. The second-order valence-corrected chi connectivity index (χ2v) is 7.70. The van der Waals surface area contributed by atoms with Crippen LogP contribution in [0.15, 0.2) is 29.4 Å². The van der Waals surface area contributed by atoms with E-state index >= 15 is 0 Å². The molecule has 0 aliphatic carbocycles. The van der Waals surface area contributed by atoms with Crippen LogP contribution in [0, 0.1) is 0 Å². The minimum absolute atomic E-state index is 0.0842. The first-order valence-electron chi connectivity index (χ1n) is 9.50. The Morgan fingerprint density at radius 1 is 1.21 bits per heavy atom. The fraction of sp³-hybridized carbons (Fsp3) is 0.500. The minimum Gasteiger partial charge on any atom is -0.484 e. The average Bonchev–Trinajstić information content (AvgIpc) is 3.18. The van der Waals surface area contributed by atoms with E-state index in [1.807, 2.05) is 0 Å². The maximum absolute atomic E-state index is 11.8. The van der Waals surface area contributed by atoms with Crippen molar-refractivity contribution in [3.8, 4) is 5.75 Å². The van der Waals surface area contributed by atoms with Crippen molar-refractivity contribution in [2.75, 3.05) is 19.8 Å². The molecule has 9 nitrogen and oxygen atoms in total. The van der Waals surface area contributed by atoms with Crippen molar-refractivity contribution in [3.63, 3.8) is 0 Å². The summed E-state index contributed by atoms with van der Waals surface area (Å²) in [6.07, 6.45) is 3.49. The Morgan fingerprint density at radius 3 is 2.55 bits per heavy atom. The van der Waals surface area contributed by atoms with E-state index in [4.69, 9.17) is 9.47 Å². The third-order valence-electron chi connectivity index (χ3n) is 3.88. The van der Waals surface area contributed by atoms with Gasteiger partial charge in [0.1, 0.15) is 5.75 Å². The monoisotopic (exact) mass is 404 g/mol. The molecule has 0 spiro atoms. The number of hydrogen-bond donors (Lipinski definition) is 3. The van der Waals surface area contributed by atoms with Crippen LogP contribution in [0.3, 0.4) is 0 Å². The highest BCUT2D eigenvalue weighted by Gasteiger charge is 2.19. The Kier molecular flexibility index (Phi) is 8.14. The topological polar surface area (TPSA) is 118 Å². The van der Waals surface area contributed by atoms with Crippen LogP contribution in [-0.4, -0.2) is 55.3 Å². The Balaban J connectivity index is 1.70. The molecule has 0 unspecified atom stereocenters. The van der Waals surface area contributed by atoms with E-state index in [0.29, 0.717) is 17.9 Å². The molecule has 29 heavy (non-hydrogen) atoms. The lowest BCUT2D eigenvalue weighted by molar-refractivity contribution is -0.140. The van der Waals surface area contributed by atoms with Gasteiger partial charge in [0.2, 0.25) is 0 Å². The summed E-state index contributed by atoms with van der Waals surface area (Å²) >= 11 is 0. The molecule has 3 amide bonds.